The van der Waals surface area contributed by atoms with E-state index in [9.17, 15) is 4.79 Å². The lowest BCUT2D eigenvalue weighted by molar-refractivity contribution is -0.124. The topological polar surface area (TPSA) is 55.1 Å². The minimum absolute atomic E-state index is 0.0246. The van der Waals surface area contributed by atoms with E-state index < -0.39 is 0 Å². The molecule has 1 rings (SSSR count). The summed E-state index contributed by atoms with van der Waals surface area (Å²) in [5, 5.41) is 2.94. The van der Waals surface area contributed by atoms with Crippen molar-refractivity contribution < 1.29 is 4.79 Å². The van der Waals surface area contributed by atoms with E-state index in [1.807, 2.05) is 45.9 Å². The van der Waals surface area contributed by atoms with E-state index in [4.69, 9.17) is 5.73 Å². The summed E-state index contributed by atoms with van der Waals surface area (Å²) in [5.74, 6) is 5.87. The molecular formula is C16H22N2O. The smallest absolute Gasteiger partial charge is 0.230 e. The first-order valence-corrected chi connectivity index (χ1v) is 6.51. The molecule has 0 saturated heterocycles. The van der Waals surface area contributed by atoms with Gasteiger partial charge in [0.25, 0.3) is 0 Å². The largest absolute Gasteiger partial charge is 0.326 e. The molecule has 0 aromatic heterocycles. The van der Waals surface area contributed by atoms with Gasteiger partial charge < -0.3 is 11.1 Å². The maximum absolute atomic E-state index is 12.1. The van der Waals surface area contributed by atoms with Crippen LogP contribution in [-0.2, 0) is 4.79 Å². The number of benzene rings is 1. The third-order valence-corrected chi connectivity index (χ3v) is 3.32. The van der Waals surface area contributed by atoms with E-state index >= 15 is 0 Å². The molecular weight excluding hydrogens is 236 g/mol. The molecule has 102 valence electrons. The van der Waals surface area contributed by atoms with Gasteiger partial charge in [0.15, 0.2) is 0 Å². The van der Waals surface area contributed by atoms with Crippen LogP contribution in [0.1, 0.15) is 38.3 Å². The second-order valence-corrected chi connectivity index (χ2v) is 5.23. The van der Waals surface area contributed by atoms with Crippen LogP contribution in [0.3, 0.4) is 0 Å². The lowest BCUT2D eigenvalue weighted by Gasteiger charge is -2.21. The second kappa shape index (κ2) is 6.40. The third-order valence-electron chi connectivity index (χ3n) is 3.32. The number of nitrogens with two attached hydrogens (primary N) is 1. The van der Waals surface area contributed by atoms with Crippen LogP contribution in [0.5, 0.6) is 0 Å². The normalized spacial score (nSPS) is 10.6. The highest BCUT2D eigenvalue weighted by Crippen LogP contribution is 2.23. The summed E-state index contributed by atoms with van der Waals surface area (Å²) in [6.07, 6.45) is 0.796. The number of carbonyl (C=O) groups is 1. The number of anilines is 1. The van der Waals surface area contributed by atoms with Crippen molar-refractivity contribution in [2.75, 3.05) is 11.9 Å². The molecule has 3 N–H and O–H groups in total. The summed E-state index contributed by atoms with van der Waals surface area (Å²) in [6, 6.07) is 5.74. The number of nitrogens with one attached hydrogen (secondary N) is 1. The van der Waals surface area contributed by atoms with E-state index in [1.165, 1.54) is 0 Å². The first-order valence-electron chi connectivity index (χ1n) is 6.51. The van der Waals surface area contributed by atoms with Crippen molar-refractivity contribution in [2.45, 2.75) is 34.1 Å². The molecule has 3 nitrogen and oxygen atoms in total. The maximum Gasteiger partial charge on any atom is 0.230 e. The molecule has 0 radical (unpaired) electrons. The molecule has 0 aliphatic heterocycles. The number of carbonyl (C=O) groups excluding carboxylic acids is 1. The van der Waals surface area contributed by atoms with Crippen molar-refractivity contribution >= 4 is 11.6 Å². The minimum Gasteiger partial charge on any atom is -0.326 e. The highest BCUT2D eigenvalue weighted by molar-refractivity contribution is 5.94. The highest BCUT2D eigenvalue weighted by Gasteiger charge is 2.25. The Labute approximate surface area is 115 Å². The fourth-order valence-electron chi connectivity index (χ4n) is 1.44. The van der Waals surface area contributed by atoms with Crippen LogP contribution in [-0.4, -0.2) is 12.5 Å². The Kier molecular flexibility index (Phi) is 5.14. The van der Waals surface area contributed by atoms with Crippen LogP contribution < -0.4 is 11.1 Å². The quantitative estimate of drug-likeness (QED) is 0.819. The van der Waals surface area contributed by atoms with Gasteiger partial charge in [-0.25, -0.2) is 0 Å². The Morgan fingerprint density at radius 1 is 1.42 bits per heavy atom. The average molecular weight is 258 g/mol. The summed E-state index contributed by atoms with van der Waals surface area (Å²) in [7, 11) is 0. The molecule has 0 atom stereocenters. The van der Waals surface area contributed by atoms with Gasteiger partial charge in [-0.15, -0.1) is 0 Å². The zero-order chi connectivity index (χ0) is 14.5. The Morgan fingerprint density at radius 2 is 2.11 bits per heavy atom. The molecule has 19 heavy (non-hydrogen) atoms. The zero-order valence-electron chi connectivity index (χ0n) is 12.1. The molecule has 1 amide bonds. The lowest BCUT2D eigenvalue weighted by atomic mass is 9.89. The Hall–Kier alpha value is -1.79. The molecule has 1 aromatic rings. The first-order chi connectivity index (χ1) is 8.90. The maximum atomic E-state index is 12.1. The SMILES string of the molecule is CCC(C)(C)C(=O)Nc1ccc(C)c(C#CCN)c1. The summed E-state index contributed by atoms with van der Waals surface area (Å²) in [6.45, 7) is 8.20. The van der Waals surface area contributed by atoms with Crippen molar-refractivity contribution in [1.29, 1.82) is 0 Å². The first kappa shape index (κ1) is 15.3. The van der Waals surface area contributed by atoms with Gasteiger partial charge in [0.1, 0.15) is 0 Å². The van der Waals surface area contributed by atoms with Gasteiger partial charge in [-0.05, 0) is 31.0 Å². The van der Waals surface area contributed by atoms with E-state index in [1.54, 1.807) is 0 Å². The van der Waals surface area contributed by atoms with Crippen molar-refractivity contribution in [2.24, 2.45) is 11.1 Å². The van der Waals surface area contributed by atoms with Gasteiger partial charge in [-0.3, -0.25) is 4.79 Å². The van der Waals surface area contributed by atoms with Crippen molar-refractivity contribution in [1.82, 2.24) is 0 Å². The van der Waals surface area contributed by atoms with E-state index in [0.717, 1.165) is 23.2 Å². The van der Waals surface area contributed by atoms with Crippen molar-refractivity contribution in [3.63, 3.8) is 0 Å². The van der Waals surface area contributed by atoms with Crippen LogP contribution in [0.2, 0.25) is 0 Å². The van der Waals surface area contributed by atoms with Crippen LogP contribution in [0.15, 0.2) is 18.2 Å². The third kappa shape index (κ3) is 4.11. The van der Waals surface area contributed by atoms with Gasteiger partial charge in [-0.2, -0.15) is 0 Å². The van der Waals surface area contributed by atoms with Gasteiger partial charge in [-0.1, -0.05) is 38.7 Å². The molecule has 0 aliphatic rings. The number of hydrogen-bond acceptors (Lipinski definition) is 2. The van der Waals surface area contributed by atoms with E-state index in [-0.39, 0.29) is 11.3 Å². The molecule has 0 bridgehead atoms. The zero-order valence-corrected chi connectivity index (χ0v) is 12.1. The monoisotopic (exact) mass is 258 g/mol. The molecule has 0 unspecified atom stereocenters. The van der Waals surface area contributed by atoms with E-state index in [0.29, 0.717) is 6.54 Å². The summed E-state index contributed by atoms with van der Waals surface area (Å²) < 4.78 is 0. The average Bonchev–Trinajstić information content (AvgIpc) is 2.39. The van der Waals surface area contributed by atoms with Gasteiger partial charge in [0.05, 0.1) is 6.54 Å². The predicted molar refractivity (Wildman–Crippen MR) is 79.8 cm³/mol. The highest BCUT2D eigenvalue weighted by atomic mass is 16.2. The van der Waals surface area contributed by atoms with Crippen molar-refractivity contribution in [3.05, 3.63) is 29.3 Å². The summed E-state index contributed by atoms with van der Waals surface area (Å²) >= 11 is 0. The Bertz CT molecular complexity index is 521. The van der Waals surface area contributed by atoms with Crippen LogP contribution in [0.25, 0.3) is 0 Å². The van der Waals surface area contributed by atoms with Gasteiger partial charge in [0, 0.05) is 16.7 Å². The summed E-state index contributed by atoms with van der Waals surface area (Å²) in [4.78, 5) is 12.1. The summed E-state index contributed by atoms with van der Waals surface area (Å²) in [5.41, 5.74) is 7.76. The van der Waals surface area contributed by atoms with Crippen molar-refractivity contribution in [3.8, 4) is 11.8 Å². The molecule has 0 heterocycles. The van der Waals surface area contributed by atoms with Gasteiger partial charge >= 0.3 is 0 Å². The standard InChI is InChI=1S/C16H22N2O/c1-5-16(3,4)15(19)18-14-9-8-12(2)13(11-14)7-6-10-17/h8-9,11H,5,10,17H2,1-4H3,(H,18,19). The van der Waals surface area contributed by atoms with Crippen LogP contribution >= 0.6 is 0 Å². The van der Waals surface area contributed by atoms with Gasteiger partial charge in [0.2, 0.25) is 5.91 Å². The fraction of sp³-hybridized carbons (Fsp3) is 0.438. The fourth-order valence-corrected chi connectivity index (χ4v) is 1.44. The Morgan fingerprint density at radius 3 is 2.68 bits per heavy atom. The Balaban J connectivity index is 2.95. The second-order valence-electron chi connectivity index (χ2n) is 5.23. The van der Waals surface area contributed by atoms with Crippen LogP contribution in [0, 0.1) is 24.2 Å². The number of amides is 1. The minimum atomic E-state index is -0.367. The molecule has 0 fully saturated rings. The predicted octanol–water partition coefficient (Wildman–Crippen LogP) is 2.68. The molecule has 0 spiro atoms. The molecule has 0 saturated carbocycles. The van der Waals surface area contributed by atoms with E-state index in [2.05, 4.69) is 17.2 Å². The lowest BCUT2D eigenvalue weighted by Crippen LogP contribution is -2.30. The number of aryl methyl sites for hydroxylation is 1. The molecule has 0 aliphatic carbocycles. The molecule has 3 heteroatoms. The van der Waals surface area contributed by atoms with Crippen LogP contribution in [0.4, 0.5) is 5.69 Å². The molecule has 1 aromatic carbocycles. The number of rotatable bonds is 3. The number of hydrogen-bond donors (Lipinski definition) is 2.